The van der Waals surface area contributed by atoms with Crippen molar-refractivity contribution in [1.82, 2.24) is 15.0 Å². The van der Waals surface area contributed by atoms with Crippen LogP contribution in [0.2, 0.25) is 0 Å². The highest BCUT2D eigenvalue weighted by Crippen LogP contribution is 2.32. The van der Waals surface area contributed by atoms with Crippen molar-refractivity contribution in [3.63, 3.8) is 0 Å². The van der Waals surface area contributed by atoms with Crippen LogP contribution in [0.15, 0.2) is 48.9 Å². The predicted octanol–water partition coefficient (Wildman–Crippen LogP) is 2.69. The molecule has 3 rings (SSSR count). The summed E-state index contributed by atoms with van der Waals surface area (Å²) < 4.78 is 20.2. The van der Waals surface area contributed by atoms with E-state index >= 15 is 0 Å². The van der Waals surface area contributed by atoms with E-state index in [1.807, 2.05) is 0 Å². The standard InChI is InChI=1S/C18H17FN4O2/c1-11(10-24)25-17-15(3-2-6-21-17)12-4-5-14(16(19)7-12)13-8-22-18(20)23-9-13/h2-9,11,24H,10H2,1H3,(H2,20,22,23). The fraction of sp³-hybridized carbons (Fsp3) is 0.167. The number of halogens is 1. The molecule has 0 fully saturated rings. The number of aromatic nitrogens is 3. The molecule has 0 aliphatic heterocycles. The minimum absolute atomic E-state index is 0.135. The zero-order valence-corrected chi connectivity index (χ0v) is 13.6. The Morgan fingerprint density at radius 2 is 1.88 bits per heavy atom. The molecule has 1 aromatic carbocycles. The van der Waals surface area contributed by atoms with E-state index in [4.69, 9.17) is 15.6 Å². The lowest BCUT2D eigenvalue weighted by Crippen LogP contribution is -2.17. The first-order valence-corrected chi connectivity index (χ1v) is 7.69. The highest BCUT2D eigenvalue weighted by atomic mass is 19.1. The third-order valence-corrected chi connectivity index (χ3v) is 3.60. The minimum Gasteiger partial charge on any atom is -0.472 e. The first-order valence-electron chi connectivity index (χ1n) is 7.69. The monoisotopic (exact) mass is 340 g/mol. The average molecular weight is 340 g/mol. The van der Waals surface area contributed by atoms with Gasteiger partial charge in [-0.1, -0.05) is 12.1 Å². The van der Waals surface area contributed by atoms with Crippen LogP contribution in [-0.4, -0.2) is 32.8 Å². The van der Waals surface area contributed by atoms with Crippen LogP contribution < -0.4 is 10.5 Å². The van der Waals surface area contributed by atoms with Crippen LogP contribution in [0.5, 0.6) is 5.88 Å². The third-order valence-electron chi connectivity index (χ3n) is 3.60. The molecule has 7 heteroatoms. The number of ether oxygens (including phenoxy) is 1. The van der Waals surface area contributed by atoms with Gasteiger partial charge in [0.15, 0.2) is 0 Å². The van der Waals surface area contributed by atoms with Crippen LogP contribution in [0.25, 0.3) is 22.3 Å². The van der Waals surface area contributed by atoms with Crippen molar-refractivity contribution in [2.75, 3.05) is 12.3 Å². The number of hydrogen-bond donors (Lipinski definition) is 2. The third kappa shape index (κ3) is 3.72. The highest BCUT2D eigenvalue weighted by molar-refractivity contribution is 5.73. The molecule has 2 aromatic heterocycles. The quantitative estimate of drug-likeness (QED) is 0.741. The lowest BCUT2D eigenvalue weighted by atomic mass is 10.0. The number of hydrogen-bond acceptors (Lipinski definition) is 6. The van der Waals surface area contributed by atoms with Crippen LogP contribution in [0, 0.1) is 5.82 Å². The Labute approximate surface area is 144 Å². The largest absolute Gasteiger partial charge is 0.472 e. The molecule has 1 atom stereocenters. The summed E-state index contributed by atoms with van der Waals surface area (Å²) in [4.78, 5) is 11.9. The second kappa shape index (κ2) is 7.23. The Bertz CT molecular complexity index is 871. The zero-order valence-electron chi connectivity index (χ0n) is 13.6. The van der Waals surface area contributed by atoms with Crippen molar-refractivity contribution in [1.29, 1.82) is 0 Å². The molecule has 25 heavy (non-hydrogen) atoms. The molecule has 0 amide bonds. The Morgan fingerprint density at radius 3 is 2.56 bits per heavy atom. The normalized spacial score (nSPS) is 12.0. The number of nitrogens with zero attached hydrogens (tertiary/aromatic N) is 3. The lowest BCUT2D eigenvalue weighted by molar-refractivity contribution is 0.126. The lowest BCUT2D eigenvalue weighted by Gasteiger charge is -2.15. The molecule has 0 aliphatic carbocycles. The van der Waals surface area contributed by atoms with Gasteiger partial charge in [0, 0.05) is 35.3 Å². The molecular formula is C18H17FN4O2. The van der Waals surface area contributed by atoms with Crippen LogP contribution in [-0.2, 0) is 0 Å². The molecule has 2 heterocycles. The zero-order chi connectivity index (χ0) is 17.8. The van der Waals surface area contributed by atoms with E-state index in [0.717, 1.165) is 0 Å². The maximum absolute atomic E-state index is 14.6. The summed E-state index contributed by atoms with van der Waals surface area (Å²) in [6.45, 7) is 1.59. The van der Waals surface area contributed by atoms with E-state index in [9.17, 15) is 4.39 Å². The molecule has 6 nitrogen and oxygen atoms in total. The number of nitrogens with two attached hydrogens (primary N) is 1. The molecule has 0 radical (unpaired) electrons. The van der Waals surface area contributed by atoms with E-state index in [2.05, 4.69) is 15.0 Å². The van der Waals surface area contributed by atoms with Gasteiger partial charge in [-0.3, -0.25) is 0 Å². The van der Waals surface area contributed by atoms with Crippen LogP contribution >= 0.6 is 0 Å². The summed E-state index contributed by atoms with van der Waals surface area (Å²) in [6, 6.07) is 8.34. The second-order valence-electron chi connectivity index (χ2n) is 5.49. The summed E-state index contributed by atoms with van der Waals surface area (Å²) >= 11 is 0. The molecule has 0 aliphatic rings. The maximum atomic E-state index is 14.6. The number of nitrogen functional groups attached to an aromatic ring is 1. The molecule has 128 valence electrons. The number of anilines is 1. The van der Waals surface area contributed by atoms with Gasteiger partial charge in [-0.25, -0.2) is 19.3 Å². The van der Waals surface area contributed by atoms with Gasteiger partial charge in [0.05, 0.1) is 6.61 Å². The van der Waals surface area contributed by atoms with Gasteiger partial charge >= 0.3 is 0 Å². The topological polar surface area (TPSA) is 94.2 Å². The Morgan fingerprint density at radius 1 is 1.12 bits per heavy atom. The summed E-state index contributed by atoms with van der Waals surface area (Å²) in [6.07, 6.45) is 4.12. The minimum atomic E-state index is -0.420. The van der Waals surface area contributed by atoms with Crippen molar-refractivity contribution < 1.29 is 14.2 Å². The SMILES string of the molecule is CC(CO)Oc1ncccc1-c1ccc(-c2cnc(N)nc2)c(F)c1. The summed E-state index contributed by atoms with van der Waals surface area (Å²) in [5.74, 6) is 0.0545. The smallest absolute Gasteiger partial charge is 0.221 e. The highest BCUT2D eigenvalue weighted by Gasteiger charge is 2.13. The molecule has 0 saturated heterocycles. The van der Waals surface area contributed by atoms with Crippen LogP contribution in [0.1, 0.15) is 6.92 Å². The van der Waals surface area contributed by atoms with Crippen LogP contribution in [0.3, 0.4) is 0 Å². The van der Waals surface area contributed by atoms with Gasteiger partial charge in [0.25, 0.3) is 0 Å². The van der Waals surface area contributed by atoms with Crippen molar-refractivity contribution in [3.8, 4) is 28.1 Å². The number of aliphatic hydroxyl groups excluding tert-OH is 1. The summed E-state index contributed by atoms with van der Waals surface area (Å²) in [5, 5.41) is 9.15. The van der Waals surface area contributed by atoms with E-state index < -0.39 is 11.9 Å². The fourth-order valence-electron chi connectivity index (χ4n) is 2.33. The molecule has 1 unspecified atom stereocenters. The van der Waals surface area contributed by atoms with Crippen molar-refractivity contribution in [3.05, 3.63) is 54.7 Å². The second-order valence-corrected chi connectivity index (χ2v) is 5.49. The average Bonchev–Trinajstić information content (AvgIpc) is 2.63. The Kier molecular flexibility index (Phi) is 4.85. The van der Waals surface area contributed by atoms with Crippen LogP contribution in [0.4, 0.5) is 10.3 Å². The fourth-order valence-corrected chi connectivity index (χ4v) is 2.33. The van der Waals surface area contributed by atoms with E-state index in [0.29, 0.717) is 28.1 Å². The van der Waals surface area contributed by atoms with E-state index in [-0.39, 0.29) is 12.6 Å². The number of rotatable bonds is 5. The molecule has 0 bridgehead atoms. The maximum Gasteiger partial charge on any atom is 0.221 e. The molecule has 0 saturated carbocycles. The Hall–Kier alpha value is -3.06. The van der Waals surface area contributed by atoms with Gasteiger partial charge in [0.1, 0.15) is 11.9 Å². The van der Waals surface area contributed by atoms with Gasteiger partial charge in [-0.15, -0.1) is 0 Å². The summed E-state index contributed by atoms with van der Waals surface area (Å²) in [7, 11) is 0. The van der Waals surface area contributed by atoms with Crippen molar-refractivity contribution >= 4 is 5.95 Å². The molecular weight excluding hydrogens is 323 g/mol. The van der Waals surface area contributed by atoms with E-state index in [1.165, 1.54) is 18.5 Å². The predicted molar refractivity (Wildman–Crippen MR) is 92.2 cm³/mol. The van der Waals surface area contributed by atoms with Gasteiger partial charge in [-0.05, 0) is 30.7 Å². The Balaban J connectivity index is 1.97. The first kappa shape index (κ1) is 16.8. The van der Waals surface area contributed by atoms with E-state index in [1.54, 1.807) is 37.4 Å². The van der Waals surface area contributed by atoms with Gasteiger partial charge < -0.3 is 15.6 Å². The number of pyridine rings is 1. The summed E-state index contributed by atoms with van der Waals surface area (Å²) in [5.41, 5.74) is 7.62. The molecule has 0 spiro atoms. The molecule has 3 N–H and O–H groups in total. The van der Waals surface area contributed by atoms with Gasteiger partial charge in [-0.2, -0.15) is 0 Å². The van der Waals surface area contributed by atoms with Gasteiger partial charge in [0.2, 0.25) is 11.8 Å². The number of benzene rings is 1. The van der Waals surface area contributed by atoms with Crippen molar-refractivity contribution in [2.45, 2.75) is 13.0 Å². The first-order chi connectivity index (χ1) is 12.1. The van der Waals surface area contributed by atoms with Crippen molar-refractivity contribution in [2.24, 2.45) is 0 Å². The molecule has 3 aromatic rings. The number of aliphatic hydroxyl groups is 1.